The third-order valence-corrected chi connectivity index (χ3v) is 5.02. The van der Waals surface area contributed by atoms with E-state index in [1.165, 1.54) is 0 Å². The number of hydrogen-bond acceptors (Lipinski definition) is 13. The smallest absolute Gasteiger partial charge is 0.394 e. The number of carbonyl (C=O) groups excluding carboxylic acids is 1. The summed E-state index contributed by atoms with van der Waals surface area (Å²) in [5, 5.41) is 62.1. The molecule has 0 spiro atoms. The first-order chi connectivity index (χ1) is 13.9. The fraction of sp³-hybridized carbons (Fsp3) is 0.929. The lowest BCUT2D eigenvalue weighted by Crippen LogP contribution is -2.67. The van der Waals surface area contributed by atoms with Crippen molar-refractivity contribution in [3.05, 3.63) is 0 Å². The number of amides is 1. The van der Waals surface area contributed by atoms with E-state index in [-0.39, 0.29) is 0 Å². The molecule has 176 valence electrons. The normalized spacial score (nSPS) is 42.7. The molecule has 2 heterocycles. The summed E-state index contributed by atoms with van der Waals surface area (Å²) in [6.07, 6.45) is -15.4. The highest BCUT2D eigenvalue weighted by Crippen LogP contribution is 2.29. The Morgan fingerprint density at radius 1 is 1.00 bits per heavy atom. The zero-order chi connectivity index (χ0) is 22.8. The lowest BCUT2D eigenvalue weighted by Gasteiger charge is -2.46. The molecule has 0 aromatic rings. The van der Waals surface area contributed by atoms with Crippen LogP contribution in [0.15, 0.2) is 0 Å². The number of ether oxygens (including phenoxy) is 3. The van der Waals surface area contributed by atoms with Gasteiger partial charge < -0.3 is 50.2 Å². The Labute approximate surface area is 170 Å². The first-order valence-electron chi connectivity index (χ1n) is 8.72. The molecule has 0 radical (unpaired) electrons. The maximum Gasteiger partial charge on any atom is 0.397 e. The summed E-state index contributed by atoms with van der Waals surface area (Å²) in [5.41, 5.74) is 0. The fourth-order valence-electron chi connectivity index (χ4n) is 3.11. The van der Waals surface area contributed by atoms with Crippen molar-refractivity contribution in [3.63, 3.8) is 0 Å². The van der Waals surface area contributed by atoms with Gasteiger partial charge in [0, 0.05) is 6.92 Å². The molecule has 0 aromatic carbocycles. The molecule has 2 saturated heterocycles. The van der Waals surface area contributed by atoms with Gasteiger partial charge in [0.25, 0.3) is 0 Å². The topological polar surface area (TPSA) is 242 Å². The van der Waals surface area contributed by atoms with E-state index in [2.05, 4.69) is 9.50 Å². The van der Waals surface area contributed by atoms with E-state index in [4.69, 9.17) is 18.8 Å². The molecule has 0 aromatic heterocycles. The van der Waals surface area contributed by atoms with Gasteiger partial charge >= 0.3 is 10.4 Å². The molecular weight excluding hydrogens is 438 g/mol. The maximum absolute atomic E-state index is 11.4. The Bertz CT molecular complexity index is 690. The zero-order valence-corrected chi connectivity index (χ0v) is 16.4. The van der Waals surface area contributed by atoms with E-state index in [1.54, 1.807) is 0 Å². The summed E-state index contributed by atoms with van der Waals surface area (Å²) in [6.45, 7) is -0.606. The summed E-state index contributed by atoms with van der Waals surface area (Å²) in [6, 6.07) is -1.40. The van der Waals surface area contributed by atoms with Gasteiger partial charge in [-0.2, -0.15) is 8.42 Å². The van der Waals surface area contributed by atoms with Crippen LogP contribution < -0.4 is 5.32 Å². The van der Waals surface area contributed by atoms with Crippen LogP contribution in [0.4, 0.5) is 0 Å². The Morgan fingerprint density at radius 2 is 1.63 bits per heavy atom. The minimum atomic E-state index is -4.91. The van der Waals surface area contributed by atoms with Crippen molar-refractivity contribution < 1.29 is 66.8 Å². The van der Waals surface area contributed by atoms with Gasteiger partial charge in [-0.15, -0.1) is 0 Å². The molecule has 1 amide bonds. The van der Waals surface area contributed by atoms with Gasteiger partial charge in [0.2, 0.25) is 5.91 Å². The quantitative estimate of drug-likeness (QED) is 0.164. The summed E-state index contributed by atoms with van der Waals surface area (Å²) in [5.74, 6) is -0.647. The van der Waals surface area contributed by atoms with Crippen LogP contribution in [-0.2, 0) is 33.6 Å². The van der Waals surface area contributed by atoms with Crippen molar-refractivity contribution in [3.8, 4) is 0 Å². The number of rotatable bonds is 7. The Morgan fingerprint density at radius 3 is 2.17 bits per heavy atom. The van der Waals surface area contributed by atoms with E-state index >= 15 is 0 Å². The number of nitrogens with one attached hydrogen (secondary N) is 1. The average Bonchev–Trinajstić information content (AvgIpc) is 2.65. The summed E-state index contributed by atoms with van der Waals surface area (Å²) >= 11 is 0. The highest BCUT2D eigenvalue weighted by Gasteiger charge is 2.51. The predicted octanol–water partition coefficient (Wildman–Crippen LogP) is -5.43. The fourth-order valence-corrected chi connectivity index (χ4v) is 3.42. The van der Waals surface area contributed by atoms with E-state index in [9.17, 15) is 43.9 Å². The van der Waals surface area contributed by atoms with E-state index in [1.807, 2.05) is 0 Å². The lowest BCUT2D eigenvalue weighted by molar-refractivity contribution is -0.341. The highest BCUT2D eigenvalue weighted by molar-refractivity contribution is 7.80. The van der Waals surface area contributed by atoms with Gasteiger partial charge in [0.1, 0.15) is 48.8 Å². The predicted molar refractivity (Wildman–Crippen MR) is 90.6 cm³/mol. The molecule has 10 atom stereocenters. The third kappa shape index (κ3) is 6.02. The first kappa shape index (κ1) is 25.2. The molecule has 16 heteroatoms. The molecule has 0 bridgehead atoms. The average molecular weight is 463 g/mol. The van der Waals surface area contributed by atoms with Crippen molar-refractivity contribution in [2.45, 2.75) is 68.3 Å². The first-order valence-corrected chi connectivity index (χ1v) is 10.1. The number of carbonyl (C=O) groups is 1. The van der Waals surface area contributed by atoms with Gasteiger partial charge in [0.05, 0.1) is 13.2 Å². The summed E-state index contributed by atoms with van der Waals surface area (Å²) < 4.78 is 49.8. The number of hydrogen-bond donors (Lipinski definition) is 8. The largest absolute Gasteiger partial charge is 0.397 e. The van der Waals surface area contributed by atoms with Gasteiger partial charge in [-0.05, 0) is 0 Å². The van der Waals surface area contributed by atoms with Crippen molar-refractivity contribution in [1.29, 1.82) is 0 Å². The van der Waals surface area contributed by atoms with Gasteiger partial charge in [-0.25, -0.2) is 4.18 Å². The Hall–Kier alpha value is -1.02. The Balaban J connectivity index is 2.22. The van der Waals surface area contributed by atoms with Crippen LogP contribution in [0.25, 0.3) is 0 Å². The Kier molecular flexibility index (Phi) is 8.47. The van der Waals surface area contributed by atoms with E-state index in [0.717, 1.165) is 6.92 Å². The molecule has 2 aliphatic heterocycles. The maximum atomic E-state index is 11.4. The molecule has 2 rings (SSSR count). The molecule has 8 N–H and O–H groups in total. The van der Waals surface area contributed by atoms with Crippen LogP contribution in [0, 0.1) is 0 Å². The van der Waals surface area contributed by atoms with Crippen LogP contribution in [0.1, 0.15) is 6.92 Å². The van der Waals surface area contributed by atoms with Crippen LogP contribution in [-0.4, -0.2) is 124 Å². The molecule has 2 aliphatic rings. The standard InChI is InChI=1S/C14H25NO14S/c1-4(17)15-7-12(9(19)5(2-16)27-13(7)22)29-14-11(21)10(20)8(18)6(28-14)3-26-30(23,24)25/h5-14,16,18-22H,2-3H2,1H3,(H,15,17)(H,23,24,25)/t5-,6-,7-,8+,9+,10+,11-,12-,13+,14+/m1/s1. The van der Waals surface area contributed by atoms with Gasteiger partial charge in [-0.1, -0.05) is 0 Å². The molecule has 0 saturated carbocycles. The molecular formula is C14H25NO14S. The second kappa shape index (κ2) is 10.1. The summed E-state index contributed by atoms with van der Waals surface area (Å²) in [4.78, 5) is 11.4. The van der Waals surface area contributed by atoms with Crippen LogP contribution in [0.5, 0.6) is 0 Å². The minimum absolute atomic E-state index is 0.647. The van der Waals surface area contributed by atoms with Crippen LogP contribution >= 0.6 is 0 Å². The second-order valence-corrected chi connectivity index (χ2v) is 7.88. The molecule has 2 fully saturated rings. The molecule has 0 aliphatic carbocycles. The van der Waals surface area contributed by atoms with E-state index < -0.39 is 90.9 Å². The molecule has 30 heavy (non-hydrogen) atoms. The minimum Gasteiger partial charge on any atom is -0.394 e. The SMILES string of the molecule is CC(=O)N[C@@H]1[C@@H](O[C@@H]2O[C@H](COS(=O)(=O)O)[C@H](O)[C@H](O)[C@H]2O)[C@@H](O)[C@@H](CO)O[C@@H]1O. The van der Waals surface area contributed by atoms with Crippen molar-refractivity contribution in [2.24, 2.45) is 0 Å². The third-order valence-electron chi connectivity index (χ3n) is 4.58. The zero-order valence-electron chi connectivity index (χ0n) is 15.6. The second-order valence-electron chi connectivity index (χ2n) is 6.79. The summed E-state index contributed by atoms with van der Waals surface area (Å²) in [7, 11) is -4.91. The van der Waals surface area contributed by atoms with Crippen LogP contribution in [0.2, 0.25) is 0 Å². The number of aliphatic hydroxyl groups is 6. The van der Waals surface area contributed by atoms with E-state index in [0.29, 0.717) is 0 Å². The molecule has 0 unspecified atom stereocenters. The lowest BCUT2D eigenvalue weighted by atomic mass is 9.95. The monoisotopic (exact) mass is 463 g/mol. The number of aliphatic hydroxyl groups excluding tert-OH is 6. The highest BCUT2D eigenvalue weighted by atomic mass is 32.3. The van der Waals surface area contributed by atoms with Crippen molar-refractivity contribution in [1.82, 2.24) is 5.32 Å². The van der Waals surface area contributed by atoms with Gasteiger partial charge in [0.15, 0.2) is 12.6 Å². The van der Waals surface area contributed by atoms with Gasteiger partial charge in [-0.3, -0.25) is 9.35 Å². The van der Waals surface area contributed by atoms with Crippen molar-refractivity contribution >= 4 is 16.3 Å². The van der Waals surface area contributed by atoms with Crippen LogP contribution in [0.3, 0.4) is 0 Å². The molecule has 15 nitrogen and oxygen atoms in total. The van der Waals surface area contributed by atoms with Crippen molar-refractivity contribution in [2.75, 3.05) is 13.2 Å².